The van der Waals surface area contributed by atoms with Crippen molar-refractivity contribution in [3.8, 4) is 0 Å². The van der Waals surface area contributed by atoms with Crippen molar-refractivity contribution < 1.29 is 3.89 Å². The van der Waals surface area contributed by atoms with Crippen LogP contribution in [0.4, 0.5) is 3.89 Å². The first-order valence-electron chi connectivity index (χ1n) is 7.01. The van der Waals surface area contributed by atoms with Crippen molar-refractivity contribution in [2.24, 2.45) is 10.9 Å². The average molecular weight is 296 g/mol. The fourth-order valence-corrected chi connectivity index (χ4v) is 2.55. The molecule has 0 N–H and O–H groups in total. The second-order valence-electron chi connectivity index (χ2n) is 5.57. The SMILES string of the molecule is C=C/C(SF)=C(\C)N=C(C=C(C)C)C1CCN(C)CC1. The molecular formula is C16H25FN2S. The Morgan fingerprint density at radius 1 is 1.30 bits per heavy atom. The predicted octanol–water partition coefficient (Wildman–Crippen LogP) is 4.77. The molecule has 0 atom stereocenters. The van der Waals surface area contributed by atoms with Gasteiger partial charge in [0.25, 0.3) is 0 Å². The molecule has 0 aromatic carbocycles. The Morgan fingerprint density at radius 3 is 2.35 bits per heavy atom. The van der Waals surface area contributed by atoms with Gasteiger partial charge in [0.15, 0.2) is 0 Å². The van der Waals surface area contributed by atoms with E-state index in [4.69, 9.17) is 0 Å². The molecule has 1 aliphatic rings. The molecule has 4 heteroatoms. The summed E-state index contributed by atoms with van der Waals surface area (Å²) in [4.78, 5) is 7.51. The third-order valence-corrected chi connectivity index (χ3v) is 4.12. The predicted molar refractivity (Wildman–Crippen MR) is 88.7 cm³/mol. The number of aliphatic imine (C=N–C) groups is 1. The third kappa shape index (κ3) is 5.25. The third-order valence-electron chi connectivity index (χ3n) is 3.50. The largest absolute Gasteiger partial charge is 0.306 e. The van der Waals surface area contributed by atoms with E-state index in [0.717, 1.165) is 31.6 Å². The van der Waals surface area contributed by atoms with Gasteiger partial charge in [0.1, 0.15) is 0 Å². The van der Waals surface area contributed by atoms with Crippen molar-refractivity contribution in [2.75, 3.05) is 20.1 Å². The Labute approximate surface area is 126 Å². The molecule has 1 heterocycles. The Hall–Kier alpha value is -0.870. The van der Waals surface area contributed by atoms with E-state index in [0.29, 0.717) is 16.5 Å². The maximum Gasteiger partial charge on any atom is 0.0831 e. The Kier molecular flexibility index (Phi) is 7.24. The minimum absolute atomic E-state index is 0.212. The minimum Gasteiger partial charge on any atom is -0.306 e. The molecule has 0 aromatic heterocycles. The van der Waals surface area contributed by atoms with Crippen LogP contribution in [0.25, 0.3) is 0 Å². The standard InChI is InChI=1S/C16H25FN2S/c1-6-16(20-17)13(4)18-15(11-12(2)3)14-7-9-19(5)10-8-14/h6,11,14H,1,7-10H2,2-5H3/b16-13-,18-15?. The van der Waals surface area contributed by atoms with Crippen LogP contribution in [-0.4, -0.2) is 30.7 Å². The molecule has 0 aromatic rings. The molecule has 1 aliphatic heterocycles. The summed E-state index contributed by atoms with van der Waals surface area (Å²) >= 11 is 0.212. The number of nitrogens with zero attached hydrogens (tertiary/aromatic N) is 2. The second kappa shape index (κ2) is 8.42. The van der Waals surface area contributed by atoms with Gasteiger partial charge in [0, 0.05) is 11.6 Å². The van der Waals surface area contributed by atoms with Crippen LogP contribution in [-0.2, 0) is 0 Å². The monoisotopic (exact) mass is 296 g/mol. The van der Waals surface area contributed by atoms with Crippen LogP contribution in [0.2, 0.25) is 0 Å². The molecule has 1 saturated heterocycles. The molecule has 0 saturated carbocycles. The average Bonchev–Trinajstić information content (AvgIpc) is 2.39. The number of piperidine rings is 1. The van der Waals surface area contributed by atoms with Gasteiger partial charge in [-0.2, -0.15) is 3.89 Å². The number of hydrogen-bond acceptors (Lipinski definition) is 3. The van der Waals surface area contributed by atoms with Gasteiger partial charge in [-0.25, -0.2) is 0 Å². The van der Waals surface area contributed by atoms with Gasteiger partial charge in [0.2, 0.25) is 0 Å². The van der Waals surface area contributed by atoms with Gasteiger partial charge in [-0.15, -0.1) is 0 Å². The van der Waals surface area contributed by atoms with Crippen LogP contribution < -0.4 is 0 Å². The summed E-state index contributed by atoms with van der Waals surface area (Å²) in [7, 11) is 2.15. The highest BCUT2D eigenvalue weighted by Crippen LogP contribution is 2.25. The molecule has 0 bridgehead atoms. The van der Waals surface area contributed by atoms with Crippen molar-refractivity contribution in [1.82, 2.24) is 4.90 Å². The molecule has 0 unspecified atom stereocenters. The lowest BCUT2D eigenvalue weighted by molar-refractivity contribution is 0.252. The second-order valence-corrected chi connectivity index (χ2v) is 6.16. The number of rotatable bonds is 5. The van der Waals surface area contributed by atoms with Crippen LogP contribution in [0.15, 0.2) is 39.9 Å². The van der Waals surface area contributed by atoms with E-state index in [-0.39, 0.29) is 12.1 Å². The number of hydrogen-bond donors (Lipinski definition) is 0. The Bertz CT molecular complexity index is 426. The van der Waals surface area contributed by atoms with Crippen molar-refractivity contribution >= 4 is 17.9 Å². The van der Waals surface area contributed by atoms with Crippen molar-refractivity contribution in [3.05, 3.63) is 34.9 Å². The fourth-order valence-electron chi connectivity index (χ4n) is 2.33. The maximum atomic E-state index is 12.8. The zero-order valence-corrected chi connectivity index (χ0v) is 13.8. The highest BCUT2D eigenvalue weighted by molar-refractivity contribution is 7.98. The number of likely N-dealkylation sites (tertiary alicyclic amines) is 1. The van der Waals surface area contributed by atoms with Gasteiger partial charge in [-0.1, -0.05) is 18.2 Å². The first kappa shape index (κ1) is 17.2. The lowest BCUT2D eigenvalue weighted by Crippen LogP contribution is -2.33. The smallest absolute Gasteiger partial charge is 0.0831 e. The fraction of sp³-hybridized carbons (Fsp3) is 0.562. The molecule has 0 radical (unpaired) electrons. The minimum atomic E-state index is 0.212. The molecule has 20 heavy (non-hydrogen) atoms. The van der Waals surface area contributed by atoms with E-state index in [1.54, 1.807) is 0 Å². The topological polar surface area (TPSA) is 15.6 Å². The van der Waals surface area contributed by atoms with Crippen LogP contribution in [0.3, 0.4) is 0 Å². The van der Waals surface area contributed by atoms with Crippen molar-refractivity contribution in [1.29, 1.82) is 0 Å². The molecule has 0 aliphatic carbocycles. The summed E-state index contributed by atoms with van der Waals surface area (Å²) in [5.41, 5.74) is 3.01. The van der Waals surface area contributed by atoms with Crippen LogP contribution >= 0.6 is 12.1 Å². The highest BCUT2D eigenvalue weighted by atomic mass is 32.2. The van der Waals surface area contributed by atoms with Gasteiger partial charge in [-0.3, -0.25) is 4.99 Å². The van der Waals surface area contributed by atoms with Crippen molar-refractivity contribution in [2.45, 2.75) is 33.6 Å². The van der Waals surface area contributed by atoms with E-state index in [2.05, 4.69) is 43.4 Å². The Balaban J connectivity index is 3.03. The van der Waals surface area contributed by atoms with Crippen LogP contribution in [0, 0.1) is 5.92 Å². The maximum absolute atomic E-state index is 12.8. The molecule has 1 fully saturated rings. The highest BCUT2D eigenvalue weighted by Gasteiger charge is 2.20. The van der Waals surface area contributed by atoms with E-state index in [1.807, 2.05) is 6.92 Å². The first-order chi connectivity index (χ1) is 9.47. The van der Waals surface area contributed by atoms with Crippen LogP contribution in [0.5, 0.6) is 0 Å². The van der Waals surface area contributed by atoms with Crippen LogP contribution in [0.1, 0.15) is 33.6 Å². The van der Waals surface area contributed by atoms with E-state index in [9.17, 15) is 3.89 Å². The molecule has 112 valence electrons. The zero-order chi connectivity index (χ0) is 15.1. The molecule has 1 rings (SSSR count). The van der Waals surface area contributed by atoms with Gasteiger partial charge < -0.3 is 4.90 Å². The summed E-state index contributed by atoms with van der Waals surface area (Å²) in [5, 5.41) is 0. The molecule has 0 amide bonds. The lowest BCUT2D eigenvalue weighted by atomic mass is 9.91. The summed E-state index contributed by atoms with van der Waals surface area (Å²) in [6.07, 6.45) is 5.87. The summed E-state index contributed by atoms with van der Waals surface area (Å²) < 4.78 is 12.8. The Morgan fingerprint density at radius 2 is 1.90 bits per heavy atom. The van der Waals surface area contributed by atoms with Gasteiger partial charge in [-0.05, 0) is 59.8 Å². The zero-order valence-electron chi connectivity index (χ0n) is 12.9. The quantitative estimate of drug-likeness (QED) is 0.536. The number of halogens is 1. The summed E-state index contributed by atoms with van der Waals surface area (Å²) in [6.45, 7) is 11.8. The van der Waals surface area contributed by atoms with Gasteiger partial charge in [0.05, 0.1) is 22.8 Å². The summed E-state index contributed by atoms with van der Waals surface area (Å²) in [6, 6.07) is 0. The molecule has 0 spiro atoms. The summed E-state index contributed by atoms with van der Waals surface area (Å²) in [5.74, 6) is 0.465. The molecule has 2 nitrogen and oxygen atoms in total. The van der Waals surface area contributed by atoms with Gasteiger partial charge >= 0.3 is 0 Å². The normalized spacial score (nSPS) is 19.6. The lowest BCUT2D eigenvalue weighted by Gasteiger charge is -2.29. The van der Waals surface area contributed by atoms with Crippen molar-refractivity contribution in [3.63, 3.8) is 0 Å². The van der Waals surface area contributed by atoms with E-state index in [1.165, 1.54) is 11.6 Å². The molecular weight excluding hydrogens is 271 g/mol. The first-order valence-corrected chi connectivity index (χ1v) is 7.73. The number of allylic oxidation sites excluding steroid dienone is 4. The van der Waals surface area contributed by atoms with E-state index >= 15 is 0 Å². The van der Waals surface area contributed by atoms with E-state index < -0.39 is 0 Å².